The summed E-state index contributed by atoms with van der Waals surface area (Å²) in [6.45, 7) is 0.278. The Labute approximate surface area is 173 Å². The molecule has 0 heterocycles. The molecule has 0 spiro atoms. The summed E-state index contributed by atoms with van der Waals surface area (Å²) in [5, 5.41) is 3.98. The van der Waals surface area contributed by atoms with E-state index in [1.54, 1.807) is 54.6 Å². The third-order valence-electron chi connectivity index (χ3n) is 4.21. The van der Waals surface area contributed by atoms with Gasteiger partial charge in [0.15, 0.2) is 11.5 Å². The summed E-state index contributed by atoms with van der Waals surface area (Å²) in [6, 6.07) is 18.1. The van der Waals surface area contributed by atoms with Gasteiger partial charge in [0.1, 0.15) is 18.2 Å². The lowest BCUT2D eigenvalue weighted by Crippen LogP contribution is -2.17. The molecule has 30 heavy (non-hydrogen) atoms. The molecular weight excluding hydrogens is 387 g/mol. The topological polar surface area (TPSA) is 69.2 Å². The van der Waals surface area contributed by atoms with Crippen molar-refractivity contribution in [2.24, 2.45) is 5.10 Å². The fourth-order valence-corrected chi connectivity index (χ4v) is 2.62. The largest absolute Gasteiger partial charge is 0.497 e. The Morgan fingerprint density at radius 3 is 2.53 bits per heavy atom. The molecule has 0 saturated heterocycles. The van der Waals surface area contributed by atoms with E-state index in [0.717, 1.165) is 5.56 Å². The Balaban J connectivity index is 1.62. The monoisotopic (exact) mass is 408 g/mol. The molecule has 1 N–H and O–H groups in total. The van der Waals surface area contributed by atoms with Crippen LogP contribution in [0.2, 0.25) is 0 Å². The van der Waals surface area contributed by atoms with Crippen LogP contribution < -0.4 is 19.6 Å². The van der Waals surface area contributed by atoms with E-state index in [0.29, 0.717) is 28.4 Å². The van der Waals surface area contributed by atoms with Gasteiger partial charge in [-0.15, -0.1) is 0 Å². The first-order chi connectivity index (χ1) is 14.6. The van der Waals surface area contributed by atoms with Crippen molar-refractivity contribution in [1.82, 2.24) is 5.43 Å². The van der Waals surface area contributed by atoms with Crippen LogP contribution in [0.25, 0.3) is 0 Å². The summed E-state index contributed by atoms with van der Waals surface area (Å²) in [7, 11) is 3.07. The number of nitrogens with one attached hydrogen (secondary N) is 1. The van der Waals surface area contributed by atoms with Crippen LogP contribution in [0, 0.1) is 5.82 Å². The molecule has 0 aliphatic heterocycles. The number of amides is 1. The summed E-state index contributed by atoms with van der Waals surface area (Å²) < 4.78 is 29.2. The third-order valence-corrected chi connectivity index (χ3v) is 4.21. The predicted molar refractivity (Wildman–Crippen MR) is 112 cm³/mol. The van der Waals surface area contributed by atoms with Gasteiger partial charge in [0.2, 0.25) is 0 Å². The first-order valence-corrected chi connectivity index (χ1v) is 9.12. The number of hydrogen-bond donors (Lipinski definition) is 1. The van der Waals surface area contributed by atoms with Crippen molar-refractivity contribution in [3.05, 3.63) is 89.2 Å². The van der Waals surface area contributed by atoms with Gasteiger partial charge < -0.3 is 14.2 Å². The number of hydrogen-bond acceptors (Lipinski definition) is 5. The van der Waals surface area contributed by atoms with E-state index in [1.165, 1.54) is 32.6 Å². The lowest BCUT2D eigenvalue weighted by molar-refractivity contribution is 0.0955. The third kappa shape index (κ3) is 5.57. The van der Waals surface area contributed by atoms with Crippen LogP contribution in [0.5, 0.6) is 17.2 Å². The van der Waals surface area contributed by atoms with E-state index >= 15 is 0 Å². The molecule has 0 aliphatic rings. The molecule has 0 fully saturated rings. The van der Waals surface area contributed by atoms with E-state index in [2.05, 4.69) is 10.5 Å². The van der Waals surface area contributed by atoms with E-state index in [4.69, 9.17) is 14.2 Å². The van der Waals surface area contributed by atoms with E-state index in [-0.39, 0.29) is 18.3 Å². The smallest absolute Gasteiger partial charge is 0.271 e. The molecule has 0 radical (unpaired) electrons. The molecule has 3 rings (SSSR count). The van der Waals surface area contributed by atoms with Gasteiger partial charge in [-0.3, -0.25) is 4.79 Å². The van der Waals surface area contributed by atoms with Crippen molar-refractivity contribution in [3.8, 4) is 17.2 Å². The van der Waals surface area contributed by atoms with E-state index in [9.17, 15) is 9.18 Å². The number of halogens is 1. The fraction of sp³-hybridized carbons (Fsp3) is 0.130. The molecule has 0 unspecified atom stereocenters. The highest BCUT2D eigenvalue weighted by Gasteiger charge is 2.07. The molecule has 7 heteroatoms. The number of rotatable bonds is 8. The number of nitrogens with zero attached hydrogens (tertiary/aromatic N) is 1. The second kappa shape index (κ2) is 10.1. The average molecular weight is 408 g/mol. The molecule has 0 aromatic heterocycles. The Kier molecular flexibility index (Phi) is 7.00. The lowest BCUT2D eigenvalue weighted by Gasteiger charge is -2.11. The zero-order valence-corrected chi connectivity index (χ0v) is 16.6. The number of carbonyl (C=O) groups is 1. The quantitative estimate of drug-likeness (QED) is 0.448. The number of methoxy groups -OCH3 is 2. The Bertz CT molecular complexity index is 1040. The van der Waals surface area contributed by atoms with Crippen molar-refractivity contribution in [2.45, 2.75) is 6.61 Å². The van der Waals surface area contributed by atoms with Crippen molar-refractivity contribution in [3.63, 3.8) is 0 Å². The number of carbonyl (C=O) groups excluding carboxylic acids is 1. The summed E-state index contributed by atoms with van der Waals surface area (Å²) in [5.74, 6) is 1.00. The Hall–Kier alpha value is -3.87. The van der Waals surface area contributed by atoms with Crippen LogP contribution in [-0.4, -0.2) is 26.3 Å². The molecular formula is C23H21FN2O4. The van der Waals surface area contributed by atoms with Crippen molar-refractivity contribution < 1.29 is 23.4 Å². The lowest BCUT2D eigenvalue weighted by atomic mass is 10.2. The summed E-state index contributed by atoms with van der Waals surface area (Å²) in [5.41, 5.74) is 4.46. The highest BCUT2D eigenvalue weighted by molar-refractivity contribution is 5.95. The molecule has 1 amide bonds. The highest BCUT2D eigenvalue weighted by Crippen LogP contribution is 2.28. The second-order valence-corrected chi connectivity index (χ2v) is 6.26. The first-order valence-electron chi connectivity index (χ1n) is 9.12. The van der Waals surface area contributed by atoms with Gasteiger partial charge in [-0.25, -0.2) is 9.82 Å². The minimum atomic E-state index is -0.351. The normalized spacial score (nSPS) is 10.6. The molecule has 0 atom stereocenters. The maximum atomic E-state index is 13.0. The number of benzene rings is 3. The predicted octanol–water partition coefficient (Wildman–Crippen LogP) is 4.19. The Morgan fingerprint density at radius 1 is 1.00 bits per heavy atom. The maximum absolute atomic E-state index is 13.0. The van der Waals surface area contributed by atoms with Crippen LogP contribution in [0.1, 0.15) is 21.5 Å². The van der Waals surface area contributed by atoms with Crippen molar-refractivity contribution >= 4 is 12.1 Å². The van der Waals surface area contributed by atoms with Crippen LogP contribution in [0.3, 0.4) is 0 Å². The minimum absolute atomic E-state index is 0.278. The SMILES string of the molecule is COc1cccc(C(=O)N/N=C\c2ccc(OCc3ccc(F)cc3)c(OC)c2)c1. The van der Waals surface area contributed by atoms with Gasteiger partial charge in [-0.05, 0) is 59.7 Å². The van der Waals surface area contributed by atoms with Crippen LogP contribution in [-0.2, 0) is 6.61 Å². The molecule has 3 aromatic rings. The highest BCUT2D eigenvalue weighted by atomic mass is 19.1. The molecule has 0 bridgehead atoms. The van der Waals surface area contributed by atoms with Crippen LogP contribution in [0.15, 0.2) is 71.8 Å². The molecule has 154 valence electrons. The zero-order chi connectivity index (χ0) is 21.3. The number of ether oxygens (including phenoxy) is 3. The van der Waals surface area contributed by atoms with Crippen LogP contribution in [0.4, 0.5) is 4.39 Å². The van der Waals surface area contributed by atoms with Gasteiger partial charge in [-0.2, -0.15) is 5.10 Å². The maximum Gasteiger partial charge on any atom is 0.271 e. The van der Waals surface area contributed by atoms with Gasteiger partial charge in [0.25, 0.3) is 5.91 Å². The zero-order valence-electron chi connectivity index (χ0n) is 16.6. The fourth-order valence-electron chi connectivity index (χ4n) is 2.62. The molecule has 0 aliphatic carbocycles. The van der Waals surface area contributed by atoms with Crippen molar-refractivity contribution in [1.29, 1.82) is 0 Å². The standard InChI is InChI=1S/C23H21FN2O4/c1-28-20-5-3-4-18(13-20)23(27)26-25-14-17-8-11-21(22(12-17)29-2)30-15-16-6-9-19(24)10-7-16/h3-14H,15H2,1-2H3,(H,26,27)/b25-14-. The van der Waals surface area contributed by atoms with Crippen LogP contribution >= 0.6 is 0 Å². The summed E-state index contributed by atoms with van der Waals surface area (Å²) in [4.78, 5) is 12.2. The van der Waals surface area contributed by atoms with Gasteiger partial charge in [0.05, 0.1) is 20.4 Å². The molecule has 0 saturated carbocycles. The van der Waals surface area contributed by atoms with Gasteiger partial charge in [-0.1, -0.05) is 18.2 Å². The molecule has 6 nitrogen and oxygen atoms in total. The van der Waals surface area contributed by atoms with E-state index in [1.807, 2.05) is 0 Å². The average Bonchev–Trinajstić information content (AvgIpc) is 2.79. The van der Waals surface area contributed by atoms with Gasteiger partial charge in [0, 0.05) is 5.56 Å². The first kappa shape index (κ1) is 20.9. The summed E-state index contributed by atoms with van der Waals surface area (Å²) in [6.07, 6.45) is 1.50. The van der Waals surface area contributed by atoms with Crippen molar-refractivity contribution in [2.75, 3.05) is 14.2 Å². The van der Waals surface area contributed by atoms with E-state index < -0.39 is 0 Å². The molecule has 3 aromatic carbocycles. The van der Waals surface area contributed by atoms with Gasteiger partial charge >= 0.3 is 0 Å². The summed E-state index contributed by atoms with van der Waals surface area (Å²) >= 11 is 0. The minimum Gasteiger partial charge on any atom is -0.497 e. The second-order valence-electron chi connectivity index (χ2n) is 6.26. The Morgan fingerprint density at radius 2 is 1.80 bits per heavy atom. The number of hydrazone groups is 1.